The third-order valence-electron chi connectivity index (χ3n) is 7.54. The Hall–Kier alpha value is -3.79. The van der Waals surface area contributed by atoms with Gasteiger partial charge in [-0.3, -0.25) is 9.80 Å². The average Bonchev–Trinajstić information content (AvgIpc) is 3.15. The van der Waals surface area contributed by atoms with Gasteiger partial charge in [-0.15, -0.1) is 13.2 Å². The molecule has 2 heterocycles. The lowest BCUT2D eigenvalue weighted by Crippen LogP contribution is -2.50. The van der Waals surface area contributed by atoms with Gasteiger partial charge in [0.25, 0.3) is 0 Å². The second-order valence-electron chi connectivity index (χ2n) is 10.3. The van der Waals surface area contributed by atoms with Gasteiger partial charge in [0.1, 0.15) is 0 Å². The van der Waals surface area contributed by atoms with E-state index in [1.54, 1.807) is 12.2 Å². The Labute approximate surface area is 237 Å². The standard InChI is InChI=1S/C31H40N8O/c1-3-15-32-29-35-30(33-16-4-2)37-31(36-29)34-21-25(40)22-38-17-19-39(20-18-38)28-26-11-7-5-9-23(26)13-14-24-10-6-8-12-27(24)28/h3-12,25,28,40H,1-2,13-22H2,(H3,32,33,34,35,36,37). The van der Waals surface area contributed by atoms with Crippen LogP contribution in [0.5, 0.6) is 0 Å². The lowest BCUT2D eigenvalue weighted by Gasteiger charge is -2.40. The molecule has 210 valence electrons. The van der Waals surface area contributed by atoms with Crippen LogP contribution in [0.2, 0.25) is 0 Å². The van der Waals surface area contributed by atoms with E-state index in [1.165, 1.54) is 22.3 Å². The van der Waals surface area contributed by atoms with E-state index in [-0.39, 0.29) is 6.04 Å². The fourth-order valence-corrected chi connectivity index (χ4v) is 5.60. The molecule has 4 N–H and O–H groups in total. The maximum absolute atomic E-state index is 10.8. The molecule has 0 bridgehead atoms. The molecule has 5 rings (SSSR count). The average molecular weight is 541 g/mol. The Morgan fingerprint density at radius 3 is 1.80 bits per heavy atom. The van der Waals surface area contributed by atoms with E-state index in [1.807, 2.05) is 0 Å². The minimum Gasteiger partial charge on any atom is -0.390 e. The van der Waals surface area contributed by atoms with Crippen molar-refractivity contribution >= 4 is 17.8 Å². The molecule has 1 unspecified atom stereocenters. The largest absolute Gasteiger partial charge is 0.390 e. The first kappa shape index (κ1) is 27.8. The summed E-state index contributed by atoms with van der Waals surface area (Å²) in [5.41, 5.74) is 5.78. The Morgan fingerprint density at radius 2 is 1.27 bits per heavy atom. The zero-order chi connectivity index (χ0) is 27.7. The van der Waals surface area contributed by atoms with Gasteiger partial charge in [-0.05, 0) is 35.1 Å². The topological polar surface area (TPSA) is 101 Å². The Morgan fingerprint density at radius 1 is 0.775 bits per heavy atom. The minimum atomic E-state index is -0.559. The molecule has 0 radical (unpaired) electrons. The maximum atomic E-state index is 10.8. The quantitative estimate of drug-likeness (QED) is 0.258. The van der Waals surface area contributed by atoms with Crippen LogP contribution in [0.3, 0.4) is 0 Å². The molecular formula is C31H40N8O. The predicted octanol–water partition coefficient (Wildman–Crippen LogP) is 3.35. The molecule has 0 saturated carbocycles. The van der Waals surface area contributed by atoms with Crippen molar-refractivity contribution in [3.63, 3.8) is 0 Å². The van der Waals surface area contributed by atoms with E-state index in [2.05, 4.69) is 102 Å². The van der Waals surface area contributed by atoms with Gasteiger partial charge in [-0.2, -0.15) is 15.0 Å². The Balaban J connectivity index is 1.18. The zero-order valence-corrected chi connectivity index (χ0v) is 23.1. The van der Waals surface area contributed by atoms with Gasteiger partial charge >= 0.3 is 0 Å². The number of fused-ring (bicyclic) bond motifs is 2. The van der Waals surface area contributed by atoms with E-state index in [4.69, 9.17) is 0 Å². The van der Waals surface area contributed by atoms with Crippen LogP contribution < -0.4 is 16.0 Å². The molecule has 0 amide bonds. The summed E-state index contributed by atoms with van der Waals surface area (Å²) in [6.07, 6.45) is 5.09. The van der Waals surface area contributed by atoms with Crippen LogP contribution in [0.1, 0.15) is 28.3 Å². The van der Waals surface area contributed by atoms with Crippen LogP contribution in [-0.4, -0.2) is 88.3 Å². The van der Waals surface area contributed by atoms with E-state index >= 15 is 0 Å². The van der Waals surface area contributed by atoms with Crippen LogP contribution in [0.4, 0.5) is 17.8 Å². The number of nitrogens with zero attached hydrogens (tertiary/aromatic N) is 5. The van der Waals surface area contributed by atoms with Gasteiger partial charge in [0, 0.05) is 52.4 Å². The first-order valence-corrected chi connectivity index (χ1v) is 14.1. The van der Waals surface area contributed by atoms with Crippen LogP contribution in [0, 0.1) is 0 Å². The molecule has 1 atom stereocenters. The normalized spacial score (nSPS) is 16.7. The predicted molar refractivity (Wildman–Crippen MR) is 162 cm³/mol. The second-order valence-corrected chi connectivity index (χ2v) is 10.3. The summed E-state index contributed by atoms with van der Waals surface area (Å²) < 4.78 is 0. The number of hydrogen-bond acceptors (Lipinski definition) is 9. The number of nitrogens with one attached hydrogen (secondary N) is 3. The number of hydrogen-bond donors (Lipinski definition) is 4. The number of aromatic nitrogens is 3. The summed E-state index contributed by atoms with van der Waals surface area (Å²) in [4.78, 5) is 18.1. The number of aliphatic hydroxyl groups is 1. The zero-order valence-electron chi connectivity index (χ0n) is 23.1. The first-order chi connectivity index (χ1) is 19.6. The van der Waals surface area contributed by atoms with Gasteiger partial charge in [0.05, 0.1) is 12.1 Å². The smallest absolute Gasteiger partial charge is 0.229 e. The number of aryl methyl sites for hydroxylation is 2. The molecule has 1 aromatic heterocycles. The summed E-state index contributed by atoms with van der Waals surface area (Å²) in [6, 6.07) is 18.1. The molecule has 1 saturated heterocycles. The molecule has 2 aliphatic rings. The highest BCUT2D eigenvalue weighted by atomic mass is 16.3. The van der Waals surface area contributed by atoms with Crippen LogP contribution in [0.25, 0.3) is 0 Å². The lowest BCUT2D eigenvalue weighted by atomic mass is 9.92. The molecule has 1 fully saturated rings. The molecule has 9 nitrogen and oxygen atoms in total. The summed E-state index contributed by atoms with van der Waals surface area (Å²) in [7, 11) is 0. The summed E-state index contributed by atoms with van der Waals surface area (Å²) in [5.74, 6) is 1.29. The van der Waals surface area contributed by atoms with Gasteiger partial charge in [0.2, 0.25) is 17.8 Å². The summed E-state index contributed by atoms with van der Waals surface area (Å²) in [6.45, 7) is 13.2. The van der Waals surface area contributed by atoms with Crippen molar-refractivity contribution in [3.05, 3.63) is 96.1 Å². The highest BCUT2D eigenvalue weighted by molar-refractivity contribution is 5.45. The highest BCUT2D eigenvalue weighted by Gasteiger charge is 2.31. The maximum Gasteiger partial charge on any atom is 0.229 e. The summed E-state index contributed by atoms with van der Waals surface area (Å²) >= 11 is 0. The lowest BCUT2D eigenvalue weighted by molar-refractivity contribution is 0.0670. The van der Waals surface area contributed by atoms with Crippen molar-refractivity contribution in [2.24, 2.45) is 0 Å². The van der Waals surface area contributed by atoms with Gasteiger partial charge in [-0.25, -0.2) is 0 Å². The van der Waals surface area contributed by atoms with E-state index < -0.39 is 6.10 Å². The fraction of sp³-hybridized carbons (Fsp3) is 0.387. The minimum absolute atomic E-state index is 0.278. The summed E-state index contributed by atoms with van der Waals surface area (Å²) in [5, 5.41) is 20.2. The van der Waals surface area contributed by atoms with E-state index in [0.717, 1.165) is 39.0 Å². The number of rotatable bonds is 12. The van der Waals surface area contributed by atoms with Crippen molar-refractivity contribution < 1.29 is 5.11 Å². The van der Waals surface area contributed by atoms with Crippen molar-refractivity contribution in [1.82, 2.24) is 24.8 Å². The molecule has 0 spiro atoms. The fourth-order valence-electron chi connectivity index (χ4n) is 5.60. The van der Waals surface area contributed by atoms with Crippen LogP contribution in [-0.2, 0) is 12.8 Å². The number of piperazine rings is 1. The molecule has 1 aliphatic carbocycles. The van der Waals surface area contributed by atoms with E-state index in [9.17, 15) is 5.11 Å². The number of β-amino-alcohol motifs (C(OH)–C–C–N with tert-alkyl or cyclic N) is 1. The van der Waals surface area contributed by atoms with Crippen molar-refractivity contribution in [2.75, 3.05) is 68.3 Å². The third-order valence-corrected chi connectivity index (χ3v) is 7.54. The van der Waals surface area contributed by atoms with Crippen molar-refractivity contribution in [1.29, 1.82) is 0 Å². The Bertz CT molecular complexity index is 1210. The highest BCUT2D eigenvalue weighted by Crippen LogP contribution is 2.37. The number of anilines is 3. The first-order valence-electron chi connectivity index (χ1n) is 14.1. The monoisotopic (exact) mass is 540 g/mol. The molecule has 2 aromatic carbocycles. The second kappa shape index (κ2) is 13.5. The molecule has 3 aromatic rings. The molecule has 1 aliphatic heterocycles. The van der Waals surface area contributed by atoms with E-state index in [0.29, 0.717) is 44.0 Å². The van der Waals surface area contributed by atoms with Gasteiger partial charge < -0.3 is 21.1 Å². The molecular weight excluding hydrogens is 500 g/mol. The SMILES string of the molecule is C=CCNc1nc(NCC=C)nc(NCC(O)CN2CCN(C3c4ccccc4CCc4ccccc43)CC2)n1. The van der Waals surface area contributed by atoms with Gasteiger partial charge in [0.15, 0.2) is 0 Å². The van der Waals surface area contributed by atoms with Crippen LogP contribution in [0.15, 0.2) is 73.8 Å². The molecule has 9 heteroatoms. The van der Waals surface area contributed by atoms with Crippen molar-refractivity contribution in [2.45, 2.75) is 25.0 Å². The van der Waals surface area contributed by atoms with Crippen molar-refractivity contribution in [3.8, 4) is 0 Å². The Kier molecular flexibility index (Phi) is 9.38. The third kappa shape index (κ3) is 6.85. The number of aliphatic hydroxyl groups excluding tert-OH is 1. The molecule has 40 heavy (non-hydrogen) atoms. The van der Waals surface area contributed by atoms with Gasteiger partial charge in [-0.1, -0.05) is 60.7 Å². The number of benzene rings is 2. The van der Waals surface area contributed by atoms with Crippen LogP contribution >= 0.6 is 0 Å².